The molecule has 0 aromatic carbocycles. The van der Waals surface area contributed by atoms with Gasteiger partial charge in [-0.2, -0.15) is 0 Å². The van der Waals surface area contributed by atoms with Crippen LogP contribution in [0.5, 0.6) is 0 Å². The maximum Gasteiger partial charge on any atom is 0.0667 e. The van der Waals surface area contributed by atoms with Gasteiger partial charge in [0.1, 0.15) is 0 Å². The van der Waals surface area contributed by atoms with E-state index in [1.807, 2.05) is 0 Å². The highest BCUT2D eigenvalue weighted by molar-refractivity contribution is 4.74. The summed E-state index contributed by atoms with van der Waals surface area (Å²) in [6, 6.07) is 0.670. The second kappa shape index (κ2) is 6.41. The smallest absolute Gasteiger partial charge is 0.0667 e. The molecule has 0 bridgehead atoms. The first-order valence-corrected chi connectivity index (χ1v) is 6.16. The Bertz CT molecular complexity index is 149. The summed E-state index contributed by atoms with van der Waals surface area (Å²) in [7, 11) is 0. The van der Waals surface area contributed by atoms with Crippen LogP contribution in [0.1, 0.15) is 52.4 Å². The highest BCUT2D eigenvalue weighted by Crippen LogP contribution is 2.17. The van der Waals surface area contributed by atoms with E-state index in [0.717, 1.165) is 19.4 Å². The van der Waals surface area contributed by atoms with E-state index in [2.05, 4.69) is 18.7 Å². The molecular formula is C12H25NO. The summed E-state index contributed by atoms with van der Waals surface area (Å²) in [5, 5.41) is 9.77. The lowest BCUT2D eigenvalue weighted by molar-refractivity contribution is 0.0863. The average molecular weight is 199 g/mol. The predicted molar refractivity (Wildman–Crippen MR) is 60.4 cm³/mol. The van der Waals surface area contributed by atoms with Gasteiger partial charge in [-0.3, -0.25) is 4.90 Å². The van der Waals surface area contributed by atoms with Crippen LogP contribution in [-0.2, 0) is 0 Å². The highest BCUT2D eigenvalue weighted by Gasteiger charge is 2.18. The van der Waals surface area contributed by atoms with E-state index in [-0.39, 0.29) is 6.10 Å². The first kappa shape index (κ1) is 12.0. The van der Waals surface area contributed by atoms with Gasteiger partial charge in [0.25, 0.3) is 0 Å². The van der Waals surface area contributed by atoms with Gasteiger partial charge in [-0.25, -0.2) is 0 Å². The average Bonchev–Trinajstić information content (AvgIpc) is 2.33. The SMILES string of the molecule is CCCC(O)CN1CCCCCC1C. The zero-order valence-electron chi connectivity index (χ0n) is 9.71. The van der Waals surface area contributed by atoms with E-state index in [1.54, 1.807) is 0 Å². The molecule has 2 nitrogen and oxygen atoms in total. The van der Waals surface area contributed by atoms with Gasteiger partial charge in [-0.1, -0.05) is 26.2 Å². The molecular weight excluding hydrogens is 174 g/mol. The Morgan fingerprint density at radius 2 is 2.14 bits per heavy atom. The summed E-state index contributed by atoms with van der Waals surface area (Å²) in [6.07, 6.45) is 7.27. The number of β-amino-alcohol motifs (C(OH)–C–C–N with tert-alkyl or cyclic N) is 1. The third-order valence-corrected chi connectivity index (χ3v) is 3.26. The first-order valence-electron chi connectivity index (χ1n) is 6.16. The molecule has 1 saturated heterocycles. The Morgan fingerprint density at radius 3 is 2.86 bits per heavy atom. The third kappa shape index (κ3) is 3.97. The lowest BCUT2D eigenvalue weighted by atomic mass is 10.1. The fourth-order valence-corrected chi connectivity index (χ4v) is 2.30. The molecule has 2 atom stereocenters. The van der Waals surface area contributed by atoms with Crippen molar-refractivity contribution in [2.24, 2.45) is 0 Å². The van der Waals surface area contributed by atoms with E-state index in [0.29, 0.717) is 6.04 Å². The molecule has 2 heteroatoms. The van der Waals surface area contributed by atoms with Crippen molar-refractivity contribution in [1.82, 2.24) is 4.90 Å². The number of rotatable bonds is 4. The van der Waals surface area contributed by atoms with Crippen LogP contribution >= 0.6 is 0 Å². The number of likely N-dealkylation sites (tertiary alicyclic amines) is 1. The Hall–Kier alpha value is -0.0800. The van der Waals surface area contributed by atoms with Crippen molar-refractivity contribution in [3.8, 4) is 0 Å². The van der Waals surface area contributed by atoms with Crippen LogP contribution in [0.25, 0.3) is 0 Å². The zero-order chi connectivity index (χ0) is 10.4. The van der Waals surface area contributed by atoms with Crippen LogP contribution < -0.4 is 0 Å². The van der Waals surface area contributed by atoms with E-state index < -0.39 is 0 Å². The van der Waals surface area contributed by atoms with Crippen LogP contribution in [0.4, 0.5) is 0 Å². The van der Waals surface area contributed by atoms with Crippen molar-refractivity contribution < 1.29 is 5.11 Å². The molecule has 1 aliphatic heterocycles. The van der Waals surface area contributed by atoms with Crippen LogP contribution in [0.15, 0.2) is 0 Å². The minimum Gasteiger partial charge on any atom is -0.392 e. The van der Waals surface area contributed by atoms with Gasteiger partial charge in [0, 0.05) is 12.6 Å². The van der Waals surface area contributed by atoms with Gasteiger partial charge in [-0.15, -0.1) is 0 Å². The summed E-state index contributed by atoms with van der Waals surface area (Å²) >= 11 is 0. The van der Waals surface area contributed by atoms with Gasteiger partial charge in [0.05, 0.1) is 6.10 Å². The van der Waals surface area contributed by atoms with E-state index in [1.165, 1.54) is 32.2 Å². The monoisotopic (exact) mass is 199 g/mol. The largest absolute Gasteiger partial charge is 0.392 e. The molecule has 0 amide bonds. The fraction of sp³-hybridized carbons (Fsp3) is 1.00. The molecule has 14 heavy (non-hydrogen) atoms. The summed E-state index contributed by atoms with van der Waals surface area (Å²) in [6.45, 7) is 6.50. The predicted octanol–water partition coefficient (Wildman–Crippen LogP) is 2.41. The summed E-state index contributed by atoms with van der Waals surface area (Å²) in [5.41, 5.74) is 0. The maximum atomic E-state index is 9.77. The molecule has 1 aliphatic rings. The molecule has 0 aliphatic carbocycles. The summed E-state index contributed by atoms with van der Waals surface area (Å²) in [5.74, 6) is 0. The quantitative estimate of drug-likeness (QED) is 0.751. The van der Waals surface area contributed by atoms with Crippen LogP contribution in [0, 0.1) is 0 Å². The normalized spacial score (nSPS) is 27.2. The second-order valence-electron chi connectivity index (χ2n) is 4.64. The second-order valence-corrected chi connectivity index (χ2v) is 4.64. The molecule has 0 aromatic heterocycles. The zero-order valence-corrected chi connectivity index (χ0v) is 9.71. The molecule has 0 spiro atoms. The van der Waals surface area contributed by atoms with E-state index >= 15 is 0 Å². The van der Waals surface area contributed by atoms with Crippen LogP contribution in [-0.4, -0.2) is 35.2 Å². The number of aliphatic hydroxyl groups excluding tert-OH is 1. The van der Waals surface area contributed by atoms with E-state index in [4.69, 9.17) is 0 Å². The Balaban J connectivity index is 2.32. The molecule has 0 saturated carbocycles. The maximum absolute atomic E-state index is 9.77. The minimum atomic E-state index is -0.111. The molecule has 2 unspecified atom stereocenters. The van der Waals surface area contributed by atoms with Crippen molar-refractivity contribution in [1.29, 1.82) is 0 Å². The third-order valence-electron chi connectivity index (χ3n) is 3.26. The minimum absolute atomic E-state index is 0.111. The summed E-state index contributed by atoms with van der Waals surface area (Å²) in [4.78, 5) is 2.47. The Labute approximate surface area is 88.3 Å². The first-order chi connectivity index (χ1) is 6.74. The van der Waals surface area contributed by atoms with Gasteiger partial charge >= 0.3 is 0 Å². The number of hydrogen-bond acceptors (Lipinski definition) is 2. The van der Waals surface area contributed by atoms with Gasteiger partial charge in [0.2, 0.25) is 0 Å². The van der Waals surface area contributed by atoms with Crippen molar-refractivity contribution in [2.75, 3.05) is 13.1 Å². The standard InChI is InChI=1S/C12H25NO/c1-3-7-12(14)10-13-9-6-4-5-8-11(13)2/h11-12,14H,3-10H2,1-2H3. The number of nitrogens with zero attached hydrogens (tertiary/aromatic N) is 1. The lowest BCUT2D eigenvalue weighted by Crippen LogP contribution is -2.38. The van der Waals surface area contributed by atoms with Crippen LogP contribution in [0.2, 0.25) is 0 Å². The lowest BCUT2D eigenvalue weighted by Gasteiger charge is -2.28. The fourth-order valence-electron chi connectivity index (χ4n) is 2.30. The Morgan fingerprint density at radius 1 is 1.36 bits per heavy atom. The van der Waals surface area contributed by atoms with Gasteiger partial charge in [0.15, 0.2) is 0 Å². The molecule has 84 valence electrons. The van der Waals surface area contributed by atoms with Crippen molar-refractivity contribution in [2.45, 2.75) is 64.5 Å². The number of hydrogen-bond donors (Lipinski definition) is 1. The topological polar surface area (TPSA) is 23.5 Å². The molecule has 1 heterocycles. The van der Waals surface area contributed by atoms with Crippen LogP contribution in [0.3, 0.4) is 0 Å². The summed E-state index contributed by atoms with van der Waals surface area (Å²) < 4.78 is 0. The highest BCUT2D eigenvalue weighted by atomic mass is 16.3. The molecule has 1 rings (SSSR count). The van der Waals surface area contributed by atoms with Crippen molar-refractivity contribution in [3.63, 3.8) is 0 Å². The van der Waals surface area contributed by atoms with E-state index in [9.17, 15) is 5.11 Å². The molecule has 1 N–H and O–H groups in total. The molecule has 0 aromatic rings. The van der Waals surface area contributed by atoms with Crippen molar-refractivity contribution in [3.05, 3.63) is 0 Å². The van der Waals surface area contributed by atoms with Gasteiger partial charge < -0.3 is 5.11 Å². The van der Waals surface area contributed by atoms with Gasteiger partial charge in [-0.05, 0) is 32.7 Å². The molecule has 1 fully saturated rings. The Kier molecular flexibility index (Phi) is 5.49. The number of aliphatic hydroxyl groups is 1. The molecule has 0 radical (unpaired) electrons. The van der Waals surface area contributed by atoms with Crippen molar-refractivity contribution >= 4 is 0 Å².